The maximum absolute atomic E-state index is 15.0. The predicted molar refractivity (Wildman–Crippen MR) is 132 cm³/mol. The van der Waals surface area contributed by atoms with E-state index in [1.165, 1.54) is 17.9 Å². The molecule has 186 valence electrons. The van der Waals surface area contributed by atoms with Gasteiger partial charge in [-0.25, -0.2) is 24.1 Å². The molecule has 2 amide bonds. The van der Waals surface area contributed by atoms with Crippen molar-refractivity contribution >= 4 is 29.5 Å². The minimum Gasteiger partial charge on any atom is -0.442 e. The van der Waals surface area contributed by atoms with Crippen molar-refractivity contribution in [3.63, 3.8) is 0 Å². The third-order valence-corrected chi connectivity index (χ3v) is 6.21. The van der Waals surface area contributed by atoms with Crippen molar-refractivity contribution in [3.05, 3.63) is 60.8 Å². The summed E-state index contributed by atoms with van der Waals surface area (Å²) in [5, 5.41) is 2.62. The van der Waals surface area contributed by atoms with Gasteiger partial charge in [-0.2, -0.15) is 0 Å². The van der Waals surface area contributed by atoms with E-state index in [-0.39, 0.29) is 19.0 Å². The van der Waals surface area contributed by atoms with Crippen LogP contribution in [0.25, 0.3) is 11.1 Å². The number of halogens is 1. The Hall–Kier alpha value is -4.28. The standard InChI is InChI=1S/C25H26FN7O3/c1-17(34)29-15-20-16-33(25(35)36-20)19-4-5-21(22(26)13-19)18-3-6-23(30-14-18)31-9-11-32(12-10-31)24-27-7-2-8-28-24/h2-8,13-14,20H,9-12,15-16H2,1H3,(H,29,34)/t20-/m0/s1. The van der Waals surface area contributed by atoms with Gasteiger partial charge in [0.05, 0.1) is 18.8 Å². The van der Waals surface area contributed by atoms with Gasteiger partial charge >= 0.3 is 6.09 Å². The molecule has 1 atom stereocenters. The Bertz CT molecular complexity index is 1230. The number of benzene rings is 1. The van der Waals surface area contributed by atoms with Gasteiger partial charge in [0.15, 0.2) is 0 Å². The zero-order valence-electron chi connectivity index (χ0n) is 19.8. The molecule has 11 heteroatoms. The Morgan fingerprint density at radius 2 is 1.83 bits per heavy atom. The number of hydrogen-bond donors (Lipinski definition) is 1. The number of nitrogens with one attached hydrogen (secondary N) is 1. The van der Waals surface area contributed by atoms with Crippen LogP contribution in [-0.2, 0) is 9.53 Å². The molecule has 4 heterocycles. The zero-order chi connectivity index (χ0) is 25.1. The molecular weight excluding hydrogens is 465 g/mol. The van der Waals surface area contributed by atoms with Crippen LogP contribution in [0, 0.1) is 5.82 Å². The van der Waals surface area contributed by atoms with Crippen molar-refractivity contribution in [3.8, 4) is 11.1 Å². The molecule has 3 aromatic rings. The summed E-state index contributed by atoms with van der Waals surface area (Å²) < 4.78 is 20.3. The molecule has 0 aliphatic carbocycles. The first-order valence-corrected chi connectivity index (χ1v) is 11.7. The van der Waals surface area contributed by atoms with Crippen molar-refractivity contribution in [2.24, 2.45) is 0 Å². The topological polar surface area (TPSA) is 104 Å². The highest BCUT2D eigenvalue weighted by atomic mass is 19.1. The number of cyclic esters (lactones) is 1. The fourth-order valence-electron chi connectivity index (χ4n) is 4.32. The van der Waals surface area contributed by atoms with Gasteiger partial charge in [0.25, 0.3) is 0 Å². The van der Waals surface area contributed by atoms with Crippen LogP contribution in [0.2, 0.25) is 0 Å². The summed E-state index contributed by atoms with van der Waals surface area (Å²) in [6.07, 6.45) is 4.09. The summed E-state index contributed by atoms with van der Waals surface area (Å²) in [5.74, 6) is 0.888. The number of pyridine rings is 1. The third kappa shape index (κ3) is 5.04. The summed E-state index contributed by atoms with van der Waals surface area (Å²) in [7, 11) is 0. The van der Waals surface area contributed by atoms with Gasteiger partial charge in [0.1, 0.15) is 17.7 Å². The molecule has 5 rings (SSSR count). The molecule has 2 fully saturated rings. The van der Waals surface area contributed by atoms with Gasteiger partial charge in [-0.3, -0.25) is 9.69 Å². The smallest absolute Gasteiger partial charge is 0.414 e. The van der Waals surface area contributed by atoms with Gasteiger partial charge in [0.2, 0.25) is 11.9 Å². The molecule has 0 radical (unpaired) electrons. The zero-order valence-corrected chi connectivity index (χ0v) is 19.8. The summed E-state index contributed by atoms with van der Waals surface area (Å²) in [6.45, 7) is 4.97. The lowest BCUT2D eigenvalue weighted by Gasteiger charge is -2.35. The normalized spacial score (nSPS) is 17.8. The van der Waals surface area contributed by atoms with Gasteiger partial charge in [-0.1, -0.05) is 0 Å². The molecule has 0 bridgehead atoms. The molecule has 2 saturated heterocycles. The van der Waals surface area contributed by atoms with Crippen molar-refractivity contribution in [2.75, 3.05) is 54.0 Å². The van der Waals surface area contributed by atoms with Crippen molar-refractivity contribution < 1.29 is 18.7 Å². The molecule has 36 heavy (non-hydrogen) atoms. The molecular formula is C25H26FN7O3. The minimum atomic E-state index is -0.567. The van der Waals surface area contributed by atoms with E-state index in [1.807, 2.05) is 12.1 Å². The molecule has 10 nitrogen and oxygen atoms in total. The number of carbonyl (C=O) groups excluding carboxylic acids is 2. The van der Waals surface area contributed by atoms with E-state index < -0.39 is 18.0 Å². The number of aromatic nitrogens is 3. The maximum Gasteiger partial charge on any atom is 0.414 e. The maximum atomic E-state index is 15.0. The Labute approximate surface area is 207 Å². The first-order chi connectivity index (χ1) is 17.5. The van der Waals surface area contributed by atoms with Crippen LogP contribution in [0.1, 0.15) is 6.92 Å². The highest BCUT2D eigenvalue weighted by molar-refractivity contribution is 5.90. The number of rotatable bonds is 6. The second-order valence-corrected chi connectivity index (χ2v) is 8.65. The molecule has 1 N–H and O–H groups in total. The Balaban J connectivity index is 1.22. The lowest BCUT2D eigenvalue weighted by Crippen LogP contribution is -2.47. The Kier molecular flexibility index (Phi) is 6.61. The molecule has 0 saturated carbocycles. The Morgan fingerprint density at radius 1 is 1.08 bits per heavy atom. The highest BCUT2D eigenvalue weighted by Gasteiger charge is 2.32. The lowest BCUT2D eigenvalue weighted by molar-refractivity contribution is -0.119. The first-order valence-electron chi connectivity index (χ1n) is 11.7. The van der Waals surface area contributed by atoms with Gasteiger partial charge in [-0.05, 0) is 36.4 Å². The van der Waals surface area contributed by atoms with Gasteiger partial charge < -0.3 is 19.9 Å². The summed E-state index contributed by atoms with van der Waals surface area (Å²) in [5.41, 5.74) is 1.44. The number of anilines is 3. The first kappa shape index (κ1) is 23.5. The monoisotopic (exact) mass is 491 g/mol. The Morgan fingerprint density at radius 3 is 2.50 bits per heavy atom. The van der Waals surface area contributed by atoms with E-state index in [9.17, 15) is 9.59 Å². The number of amides is 2. The van der Waals surface area contributed by atoms with E-state index in [2.05, 4.69) is 30.1 Å². The van der Waals surface area contributed by atoms with Crippen LogP contribution in [0.3, 0.4) is 0 Å². The van der Waals surface area contributed by atoms with E-state index in [4.69, 9.17) is 4.74 Å². The third-order valence-electron chi connectivity index (χ3n) is 6.21. The average molecular weight is 492 g/mol. The van der Waals surface area contributed by atoms with Crippen LogP contribution in [-0.4, -0.2) is 72.3 Å². The second kappa shape index (κ2) is 10.1. The molecule has 2 aromatic heterocycles. The number of nitrogens with zero attached hydrogens (tertiary/aromatic N) is 6. The number of ether oxygens (including phenoxy) is 1. The van der Waals surface area contributed by atoms with Crippen LogP contribution >= 0.6 is 0 Å². The SMILES string of the molecule is CC(=O)NC[C@H]1CN(c2ccc(-c3ccc(N4CCN(c5ncccn5)CC4)nc3)c(F)c2)C(=O)O1. The minimum absolute atomic E-state index is 0.205. The highest BCUT2D eigenvalue weighted by Crippen LogP contribution is 2.29. The van der Waals surface area contributed by atoms with Crippen molar-refractivity contribution in [1.82, 2.24) is 20.3 Å². The van der Waals surface area contributed by atoms with Crippen LogP contribution in [0.15, 0.2) is 55.0 Å². The lowest BCUT2D eigenvalue weighted by atomic mass is 10.1. The van der Waals surface area contributed by atoms with E-state index in [0.29, 0.717) is 16.8 Å². The van der Waals surface area contributed by atoms with Crippen molar-refractivity contribution in [1.29, 1.82) is 0 Å². The van der Waals surface area contributed by atoms with Crippen LogP contribution in [0.4, 0.5) is 26.6 Å². The quantitative estimate of drug-likeness (QED) is 0.561. The largest absolute Gasteiger partial charge is 0.442 e. The predicted octanol–water partition coefficient (Wildman–Crippen LogP) is 2.47. The fraction of sp³-hybridized carbons (Fsp3) is 0.320. The summed E-state index contributed by atoms with van der Waals surface area (Å²) in [4.78, 5) is 42.2. The fourth-order valence-corrected chi connectivity index (χ4v) is 4.32. The van der Waals surface area contributed by atoms with E-state index in [0.717, 1.165) is 37.9 Å². The molecule has 2 aliphatic rings. The van der Waals surface area contributed by atoms with Crippen LogP contribution < -0.4 is 20.0 Å². The van der Waals surface area contributed by atoms with Gasteiger partial charge in [0, 0.05) is 62.8 Å². The second-order valence-electron chi connectivity index (χ2n) is 8.65. The van der Waals surface area contributed by atoms with Gasteiger partial charge in [-0.15, -0.1) is 0 Å². The summed E-state index contributed by atoms with van der Waals surface area (Å²) in [6, 6.07) is 10.2. The average Bonchev–Trinajstić information content (AvgIpc) is 3.28. The molecule has 0 spiro atoms. The van der Waals surface area contributed by atoms with Crippen LogP contribution in [0.5, 0.6) is 0 Å². The molecule has 1 aromatic carbocycles. The number of carbonyl (C=O) groups is 2. The van der Waals surface area contributed by atoms with Crippen molar-refractivity contribution in [2.45, 2.75) is 13.0 Å². The number of piperazine rings is 1. The summed E-state index contributed by atoms with van der Waals surface area (Å²) >= 11 is 0. The molecule has 2 aliphatic heterocycles. The molecule has 0 unspecified atom stereocenters. The number of hydrogen-bond acceptors (Lipinski definition) is 8. The van der Waals surface area contributed by atoms with E-state index >= 15 is 4.39 Å². The van der Waals surface area contributed by atoms with E-state index in [1.54, 1.807) is 36.8 Å².